The molecule has 0 fully saturated rings. The van der Waals surface area contributed by atoms with E-state index < -0.39 is 24.1 Å². The average Bonchev–Trinajstić information content (AvgIpc) is 2.13. The van der Waals surface area contributed by atoms with E-state index in [1.165, 1.54) is 0 Å². The lowest BCUT2D eigenvalue weighted by Crippen LogP contribution is -2.39. The number of nitrogens with two attached hydrogens (primary N) is 4. The Morgan fingerprint density at radius 3 is 0.944 bits per heavy atom. The minimum Gasteiger partial charge on any atom is -0.479 e. The molecule has 2 unspecified atom stereocenters. The molecule has 0 heterocycles. The van der Waals surface area contributed by atoms with Crippen molar-refractivity contribution in [3.63, 3.8) is 0 Å². The van der Waals surface area contributed by atoms with Gasteiger partial charge in [-0.2, -0.15) is 0 Å². The quantitative estimate of drug-likeness (QED) is 0.173. The van der Waals surface area contributed by atoms with Crippen LogP contribution in [0.2, 0.25) is 0 Å². The van der Waals surface area contributed by atoms with Crippen molar-refractivity contribution >= 4 is 23.9 Å². The molecule has 0 aliphatic rings. The van der Waals surface area contributed by atoms with Crippen molar-refractivity contribution < 1.29 is 30.0 Å². The summed E-state index contributed by atoms with van der Waals surface area (Å²) < 4.78 is 0. The van der Waals surface area contributed by atoms with Gasteiger partial charge in [-0.05, 0) is 0 Å². The van der Waals surface area contributed by atoms with E-state index in [-0.39, 0.29) is 11.9 Å². The fourth-order valence-corrected chi connectivity index (χ4v) is 0.270. The van der Waals surface area contributed by atoms with Crippen LogP contribution in [0.1, 0.15) is 0 Å². The number of carboxylic acids is 2. The van der Waals surface area contributed by atoms with Crippen molar-refractivity contribution in [1.82, 2.24) is 0 Å². The lowest BCUT2D eigenvalue weighted by molar-refractivity contribution is -0.165. The largest absolute Gasteiger partial charge is 0.479 e. The molecule has 0 saturated carbocycles. The summed E-state index contributed by atoms with van der Waals surface area (Å²) in [6.45, 7) is 0. The van der Waals surface area contributed by atoms with E-state index >= 15 is 0 Å². The van der Waals surface area contributed by atoms with E-state index in [1.807, 2.05) is 0 Å². The first-order valence-corrected chi connectivity index (χ1v) is 3.94. The third kappa shape index (κ3) is 23.3. The van der Waals surface area contributed by atoms with E-state index in [4.69, 9.17) is 31.2 Å². The molecular weight excluding hydrogens is 252 g/mol. The maximum absolute atomic E-state index is 9.77. The molecular formula is C6H16N6O6. The van der Waals surface area contributed by atoms with Gasteiger partial charge < -0.3 is 43.4 Å². The van der Waals surface area contributed by atoms with E-state index in [2.05, 4.69) is 22.9 Å². The fourth-order valence-electron chi connectivity index (χ4n) is 0.270. The molecule has 0 aromatic carbocycles. The number of hydrogen-bond donors (Lipinski definition) is 10. The lowest BCUT2D eigenvalue weighted by atomic mass is 10.2. The van der Waals surface area contributed by atoms with Gasteiger partial charge in [-0.1, -0.05) is 0 Å². The molecule has 12 heteroatoms. The Balaban J connectivity index is -0.000000233. The van der Waals surface area contributed by atoms with E-state index in [0.29, 0.717) is 0 Å². The van der Waals surface area contributed by atoms with Gasteiger partial charge in [-0.25, -0.2) is 9.59 Å². The number of rotatable bonds is 3. The Labute approximate surface area is 101 Å². The molecule has 106 valence electrons. The second kappa shape index (κ2) is 10.9. The fraction of sp³-hybridized carbons (Fsp3) is 0.333. The summed E-state index contributed by atoms with van der Waals surface area (Å²) in [7, 11) is 0. The number of carbonyl (C=O) groups is 2. The van der Waals surface area contributed by atoms with Gasteiger partial charge in [0.25, 0.3) is 0 Å². The molecule has 0 saturated heterocycles. The number of hydrogen-bond acceptors (Lipinski definition) is 6. The monoisotopic (exact) mass is 268 g/mol. The molecule has 0 rings (SSSR count). The van der Waals surface area contributed by atoms with Gasteiger partial charge in [0, 0.05) is 0 Å². The van der Waals surface area contributed by atoms with Crippen molar-refractivity contribution in [3.05, 3.63) is 0 Å². The molecule has 0 aromatic rings. The first-order valence-electron chi connectivity index (χ1n) is 3.94. The van der Waals surface area contributed by atoms with Gasteiger partial charge in [0.15, 0.2) is 24.1 Å². The zero-order valence-electron chi connectivity index (χ0n) is 9.07. The highest BCUT2D eigenvalue weighted by Crippen LogP contribution is 1.92. The smallest absolute Gasteiger partial charge is 0.335 e. The first-order chi connectivity index (χ1) is 7.93. The van der Waals surface area contributed by atoms with Crippen molar-refractivity contribution in [1.29, 1.82) is 10.8 Å². The van der Waals surface area contributed by atoms with Crippen molar-refractivity contribution in [2.24, 2.45) is 22.9 Å². The summed E-state index contributed by atoms with van der Waals surface area (Å²) in [4.78, 5) is 19.5. The van der Waals surface area contributed by atoms with E-state index in [9.17, 15) is 9.59 Å². The van der Waals surface area contributed by atoms with E-state index in [0.717, 1.165) is 0 Å². The summed E-state index contributed by atoms with van der Waals surface area (Å²) in [5.74, 6) is -4.20. The summed E-state index contributed by atoms with van der Waals surface area (Å²) in [6.07, 6.45) is -4.53. The highest BCUT2D eigenvalue weighted by Gasteiger charge is 2.29. The van der Waals surface area contributed by atoms with Gasteiger partial charge in [-0.15, -0.1) is 0 Å². The Kier molecular flexibility index (Phi) is 12.6. The summed E-state index contributed by atoms with van der Waals surface area (Å²) >= 11 is 0. The van der Waals surface area contributed by atoms with Crippen LogP contribution in [0, 0.1) is 10.8 Å². The van der Waals surface area contributed by atoms with Gasteiger partial charge in [0.2, 0.25) is 0 Å². The third-order valence-corrected chi connectivity index (χ3v) is 0.805. The number of aliphatic hydroxyl groups is 2. The van der Waals surface area contributed by atoms with Gasteiger partial charge in [-0.3, -0.25) is 10.8 Å². The molecule has 0 spiro atoms. The Morgan fingerprint density at radius 1 is 0.778 bits per heavy atom. The Hall–Kier alpha value is -2.60. The van der Waals surface area contributed by atoms with Crippen LogP contribution in [0.5, 0.6) is 0 Å². The number of guanidine groups is 2. The molecule has 0 aliphatic heterocycles. The van der Waals surface area contributed by atoms with E-state index in [1.54, 1.807) is 0 Å². The molecule has 18 heavy (non-hydrogen) atoms. The predicted octanol–water partition coefficient (Wildman–Crippen LogP) is -4.45. The molecule has 2 atom stereocenters. The van der Waals surface area contributed by atoms with Crippen molar-refractivity contribution in [2.45, 2.75) is 12.2 Å². The zero-order chi connectivity index (χ0) is 15.5. The molecule has 12 nitrogen and oxygen atoms in total. The van der Waals surface area contributed by atoms with Crippen LogP contribution in [-0.4, -0.2) is 56.5 Å². The van der Waals surface area contributed by atoms with Crippen LogP contribution >= 0.6 is 0 Å². The molecule has 0 bridgehead atoms. The molecule has 0 aliphatic carbocycles. The molecule has 0 amide bonds. The van der Waals surface area contributed by atoms with Crippen molar-refractivity contribution in [2.75, 3.05) is 0 Å². The number of carboxylic acid groups (broad SMARTS) is 2. The third-order valence-electron chi connectivity index (χ3n) is 0.805. The van der Waals surface area contributed by atoms with Crippen LogP contribution in [0.25, 0.3) is 0 Å². The van der Waals surface area contributed by atoms with Gasteiger partial charge in [0.1, 0.15) is 0 Å². The molecule has 0 aromatic heterocycles. The summed E-state index contributed by atoms with van der Waals surface area (Å²) in [5.41, 5.74) is 17.9. The predicted molar refractivity (Wildman–Crippen MR) is 59.5 cm³/mol. The Bertz CT molecular complexity index is 269. The molecule has 0 radical (unpaired) electrons. The second-order valence-corrected chi connectivity index (χ2v) is 2.48. The first kappa shape index (κ1) is 20.8. The minimum atomic E-state index is -2.27. The van der Waals surface area contributed by atoms with Gasteiger partial charge in [0.05, 0.1) is 0 Å². The normalized spacial score (nSPS) is 11.4. The van der Waals surface area contributed by atoms with Gasteiger partial charge >= 0.3 is 11.9 Å². The number of aliphatic carboxylic acids is 2. The number of aliphatic hydroxyl groups excluding tert-OH is 2. The van der Waals surface area contributed by atoms with Crippen LogP contribution in [0.4, 0.5) is 0 Å². The number of nitrogens with one attached hydrogen (secondary N) is 2. The highest BCUT2D eigenvalue weighted by atomic mass is 16.4. The van der Waals surface area contributed by atoms with Crippen LogP contribution in [0.15, 0.2) is 0 Å². The summed E-state index contributed by atoms with van der Waals surface area (Å²) in [5, 5.41) is 44.6. The van der Waals surface area contributed by atoms with Crippen LogP contribution in [0.3, 0.4) is 0 Å². The van der Waals surface area contributed by atoms with Crippen LogP contribution in [-0.2, 0) is 9.59 Å². The van der Waals surface area contributed by atoms with Crippen molar-refractivity contribution in [3.8, 4) is 0 Å². The molecule has 14 N–H and O–H groups in total. The minimum absolute atomic E-state index is 0.333. The maximum Gasteiger partial charge on any atom is 0.335 e. The summed E-state index contributed by atoms with van der Waals surface area (Å²) in [6, 6.07) is 0. The lowest BCUT2D eigenvalue weighted by Gasteiger charge is -2.07. The zero-order valence-corrected chi connectivity index (χ0v) is 9.07. The van der Waals surface area contributed by atoms with Crippen LogP contribution < -0.4 is 22.9 Å². The SMILES string of the molecule is N=C(N)N.N=C(N)N.O=C(O)C(O)C(O)C(=O)O. The highest BCUT2D eigenvalue weighted by molar-refractivity contribution is 5.83. The standard InChI is InChI=1S/C4H6O6.2CH5N3/c5-1(3(7)8)2(6)4(9)10;2*2-1(3)4/h1-2,5-6H,(H,7,8)(H,9,10);2*(H5,2,3,4). The Morgan fingerprint density at radius 2 is 0.889 bits per heavy atom. The average molecular weight is 268 g/mol. The maximum atomic E-state index is 9.77. The topological polar surface area (TPSA) is 267 Å². The second-order valence-electron chi connectivity index (χ2n) is 2.48.